The van der Waals surface area contributed by atoms with Crippen molar-refractivity contribution in [2.24, 2.45) is 0 Å². The normalized spacial score (nSPS) is 10.6. The molecule has 3 aromatic rings. The molecule has 0 fully saturated rings. The highest BCUT2D eigenvalue weighted by molar-refractivity contribution is 5.93. The zero-order chi connectivity index (χ0) is 19.1. The molecule has 0 aliphatic rings. The number of aromatic nitrogens is 1. The Morgan fingerprint density at radius 1 is 1.04 bits per heavy atom. The van der Waals surface area contributed by atoms with Gasteiger partial charge in [-0.15, -0.1) is 0 Å². The van der Waals surface area contributed by atoms with Crippen LogP contribution < -0.4 is 10.6 Å². The molecule has 3 rings (SSSR count). The zero-order valence-electron chi connectivity index (χ0n) is 15.0. The molecule has 7 heteroatoms. The zero-order valence-corrected chi connectivity index (χ0v) is 15.0. The molecule has 140 valence electrons. The van der Waals surface area contributed by atoms with Gasteiger partial charge in [-0.05, 0) is 36.2 Å². The summed E-state index contributed by atoms with van der Waals surface area (Å²) in [5.41, 5.74) is 2.47. The minimum absolute atomic E-state index is 0.0994. The number of anilines is 1. The van der Waals surface area contributed by atoms with Gasteiger partial charge < -0.3 is 19.6 Å². The number of hydrogen-bond donors (Lipinski definition) is 2. The second-order valence-corrected chi connectivity index (χ2v) is 6.04. The second-order valence-electron chi connectivity index (χ2n) is 6.04. The smallest absolute Gasteiger partial charge is 0.224 e. The number of nitrogens with zero attached hydrogens (tertiary/aromatic N) is 1. The van der Waals surface area contributed by atoms with E-state index < -0.39 is 0 Å². The maximum atomic E-state index is 12.0. The first-order valence-corrected chi connectivity index (χ1v) is 8.79. The van der Waals surface area contributed by atoms with E-state index in [-0.39, 0.29) is 31.2 Å². The molecule has 0 atom stereocenters. The molecule has 0 spiro atoms. The first-order chi connectivity index (χ1) is 13.1. The van der Waals surface area contributed by atoms with Gasteiger partial charge in [0.15, 0.2) is 5.76 Å². The molecule has 0 saturated heterocycles. The van der Waals surface area contributed by atoms with Crippen LogP contribution in [-0.4, -0.2) is 17.0 Å². The number of amides is 2. The van der Waals surface area contributed by atoms with E-state index in [9.17, 15) is 9.59 Å². The average molecular weight is 367 g/mol. The van der Waals surface area contributed by atoms with Crippen LogP contribution in [0.15, 0.2) is 57.7 Å². The first-order valence-electron chi connectivity index (χ1n) is 8.79. The maximum absolute atomic E-state index is 12.0. The Labute approximate surface area is 156 Å². The van der Waals surface area contributed by atoms with Crippen molar-refractivity contribution < 1.29 is 18.5 Å². The monoisotopic (exact) mass is 367 g/mol. The van der Waals surface area contributed by atoms with Gasteiger partial charge in [-0.25, -0.2) is 0 Å². The SMILES string of the molecule is CCc1cccc(NC(=O)CCC(=O)NCc2cc(-c3ccco3)on2)c1. The van der Waals surface area contributed by atoms with Gasteiger partial charge in [0.2, 0.25) is 17.6 Å². The van der Waals surface area contributed by atoms with Crippen molar-refractivity contribution in [3.63, 3.8) is 0 Å². The van der Waals surface area contributed by atoms with Gasteiger partial charge in [0.05, 0.1) is 12.8 Å². The van der Waals surface area contributed by atoms with Crippen molar-refractivity contribution in [1.29, 1.82) is 0 Å². The average Bonchev–Trinajstić information content (AvgIpc) is 3.36. The molecular weight excluding hydrogens is 346 g/mol. The third kappa shape index (κ3) is 5.31. The minimum Gasteiger partial charge on any atom is -0.461 e. The third-order valence-electron chi connectivity index (χ3n) is 3.99. The van der Waals surface area contributed by atoms with Crippen molar-refractivity contribution in [3.05, 3.63) is 60.0 Å². The highest BCUT2D eigenvalue weighted by atomic mass is 16.5. The molecule has 2 amide bonds. The molecule has 27 heavy (non-hydrogen) atoms. The maximum Gasteiger partial charge on any atom is 0.224 e. The van der Waals surface area contributed by atoms with Crippen LogP contribution in [0.25, 0.3) is 11.5 Å². The van der Waals surface area contributed by atoms with E-state index in [1.54, 1.807) is 24.5 Å². The predicted molar refractivity (Wildman–Crippen MR) is 99.7 cm³/mol. The topological polar surface area (TPSA) is 97.4 Å². The summed E-state index contributed by atoms with van der Waals surface area (Å²) in [4.78, 5) is 23.9. The van der Waals surface area contributed by atoms with Crippen LogP contribution in [0.2, 0.25) is 0 Å². The molecule has 0 bridgehead atoms. The standard InChI is InChI=1S/C20H21N3O4/c1-2-14-5-3-6-15(11-14)22-20(25)9-8-19(24)21-13-16-12-18(27-23-16)17-7-4-10-26-17/h3-7,10-12H,2,8-9,13H2,1H3,(H,21,24)(H,22,25). The van der Waals surface area contributed by atoms with E-state index >= 15 is 0 Å². The molecule has 2 heterocycles. The Bertz CT molecular complexity index is 900. The molecule has 0 unspecified atom stereocenters. The number of aryl methyl sites for hydroxylation is 1. The minimum atomic E-state index is -0.227. The highest BCUT2D eigenvalue weighted by Crippen LogP contribution is 2.20. The Morgan fingerprint density at radius 2 is 1.89 bits per heavy atom. The molecule has 0 aliphatic carbocycles. The molecule has 2 N–H and O–H groups in total. The van der Waals surface area contributed by atoms with E-state index in [1.165, 1.54) is 0 Å². The number of carbonyl (C=O) groups excluding carboxylic acids is 2. The van der Waals surface area contributed by atoms with Crippen LogP contribution in [0.5, 0.6) is 0 Å². The lowest BCUT2D eigenvalue weighted by Crippen LogP contribution is -2.24. The molecule has 1 aromatic carbocycles. The predicted octanol–water partition coefficient (Wildman–Crippen LogP) is 3.53. The van der Waals surface area contributed by atoms with Crippen LogP contribution in [-0.2, 0) is 22.6 Å². The van der Waals surface area contributed by atoms with Crippen molar-refractivity contribution in [3.8, 4) is 11.5 Å². The Morgan fingerprint density at radius 3 is 2.67 bits per heavy atom. The number of carbonyl (C=O) groups is 2. The number of nitrogens with one attached hydrogen (secondary N) is 2. The number of rotatable bonds is 8. The number of benzene rings is 1. The van der Waals surface area contributed by atoms with Crippen molar-refractivity contribution in [2.75, 3.05) is 5.32 Å². The van der Waals surface area contributed by atoms with Crippen LogP contribution in [0.3, 0.4) is 0 Å². The number of furan rings is 1. The summed E-state index contributed by atoms with van der Waals surface area (Å²) in [5.74, 6) is 0.650. The van der Waals surface area contributed by atoms with Gasteiger partial charge in [0.1, 0.15) is 5.69 Å². The first kappa shape index (κ1) is 18.4. The quantitative estimate of drug-likeness (QED) is 0.635. The molecule has 0 saturated carbocycles. The summed E-state index contributed by atoms with van der Waals surface area (Å²) in [5, 5.41) is 9.41. The molecule has 0 aliphatic heterocycles. The van der Waals surface area contributed by atoms with E-state index in [1.807, 2.05) is 24.3 Å². The summed E-state index contributed by atoms with van der Waals surface area (Å²) in [6.45, 7) is 2.28. The molecular formula is C20H21N3O4. The third-order valence-corrected chi connectivity index (χ3v) is 3.99. The van der Waals surface area contributed by atoms with Crippen molar-refractivity contribution in [2.45, 2.75) is 32.7 Å². The lowest BCUT2D eigenvalue weighted by molar-refractivity contribution is -0.124. The summed E-state index contributed by atoms with van der Waals surface area (Å²) < 4.78 is 10.4. The molecule has 7 nitrogen and oxygen atoms in total. The van der Waals surface area contributed by atoms with Crippen LogP contribution in [0, 0.1) is 0 Å². The van der Waals surface area contributed by atoms with Crippen LogP contribution in [0.1, 0.15) is 31.0 Å². The summed E-state index contributed by atoms with van der Waals surface area (Å²) >= 11 is 0. The largest absolute Gasteiger partial charge is 0.461 e. The van der Waals surface area contributed by atoms with Crippen molar-refractivity contribution >= 4 is 17.5 Å². The van der Waals surface area contributed by atoms with E-state index in [2.05, 4.69) is 22.7 Å². The van der Waals surface area contributed by atoms with Crippen molar-refractivity contribution in [1.82, 2.24) is 10.5 Å². The Balaban J connectivity index is 1.41. The molecule has 2 aromatic heterocycles. The van der Waals surface area contributed by atoms with Gasteiger partial charge in [-0.1, -0.05) is 24.2 Å². The summed E-state index contributed by atoms with van der Waals surface area (Å²) in [6.07, 6.45) is 2.65. The fraction of sp³-hybridized carbons (Fsp3) is 0.250. The Hall–Kier alpha value is -3.35. The lowest BCUT2D eigenvalue weighted by atomic mass is 10.1. The summed E-state index contributed by atoms with van der Waals surface area (Å²) in [7, 11) is 0. The van der Waals surface area contributed by atoms with Gasteiger partial charge in [0, 0.05) is 24.6 Å². The second kappa shape index (κ2) is 8.84. The lowest BCUT2D eigenvalue weighted by Gasteiger charge is -2.07. The van der Waals surface area contributed by atoms with Gasteiger partial charge in [-0.3, -0.25) is 9.59 Å². The fourth-order valence-electron chi connectivity index (χ4n) is 2.53. The van der Waals surface area contributed by atoms with Gasteiger partial charge in [-0.2, -0.15) is 0 Å². The Kier molecular flexibility index (Phi) is 6.04. The van der Waals surface area contributed by atoms with E-state index in [0.29, 0.717) is 17.2 Å². The van der Waals surface area contributed by atoms with Gasteiger partial charge in [0.25, 0.3) is 0 Å². The van der Waals surface area contributed by atoms with Gasteiger partial charge >= 0.3 is 0 Å². The van der Waals surface area contributed by atoms with Crippen LogP contribution in [0.4, 0.5) is 5.69 Å². The van der Waals surface area contributed by atoms with E-state index in [4.69, 9.17) is 8.94 Å². The van der Waals surface area contributed by atoms with Crippen LogP contribution >= 0.6 is 0 Å². The molecule has 0 radical (unpaired) electrons. The fourth-order valence-corrected chi connectivity index (χ4v) is 2.53. The summed E-state index contributed by atoms with van der Waals surface area (Å²) in [6, 6.07) is 12.9. The van der Waals surface area contributed by atoms with E-state index in [0.717, 1.165) is 17.7 Å². The number of hydrogen-bond acceptors (Lipinski definition) is 5. The highest BCUT2D eigenvalue weighted by Gasteiger charge is 2.11.